The number of amides is 1. The van der Waals surface area contributed by atoms with Crippen LogP contribution in [0, 0.1) is 6.92 Å². The summed E-state index contributed by atoms with van der Waals surface area (Å²) in [4.78, 5) is 12.3. The van der Waals surface area contributed by atoms with Crippen LogP contribution in [0.2, 0.25) is 0 Å². The zero-order valence-corrected chi connectivity index (χ0v) is 18.2. The molecule has 0 atom stereocenters. The molecule has 0 aliphatic heterocycles. The second kappa shape index (κ2) is 10.9. The number of aryl methyl sites for hydroxylation is 2. The molecule has 0 saturated heterocycles. The topological polar surface area (TPSA) is 75.7 Å². The van der Waals surface area contributed by atoms with Crippen molar-refractivity contribution in [3.8, 4) is 5.75 Å². The van der Waals surface area contributed by atoms with E-state index in [0.717, 1.165) is 46.7 Å². The molecule has 1 N–H and O–H groups in total. The van der Waals surface area contributed by atoms with E-state index in [9.17, 15) is 13.2 Å². The molecule has 6 nitrogen and oxygen atoms in total. The lowest BCUT2D eigenvalue weighted by Crippen LogP contribution is -2.40. The summed E-state index contributed by atoms with van der Waals surface area (Å²) in [6, 6.07) is 15.0. The van der Waals surface area contributed by atoms with Gasteiger partial charge in [-0.25, -0.2) is 8.42 Å². The van der Waals surface area contributed by atoms with E-state index in [4.69, 9.17) is 4.74 Å². The zero-order chi connectivity index (χ0) is 21.3. The molecule has 0 unspecified atom stereocenters. The molecule has 0 fully saturated rings. The number of ether oxygens (including phenoxy) is 1. The fraction of sp³-hybridized carbons (Fsp3) is 0.409. The third kappa shape index (κ3) is 7.42. The van der Waals surface area contributed by atoms with E-state index in [1.807, 2.05) is 37.3 Å². The standard InChI is InChI=1S/C22H30N2O4S/c1-4-15-28-21-13-6-5-10-19(21)11-8-14-23-22(25)17-24(29(3,26)27)20-12-7-9-18(2)16-20/h5-7,9-10,12-13,16H,4,8,11,14-15,17H2,1-3H3,(H,23,25). The summed E-state index contributed by atoms with van der Waals surface area (Å²) >= 11 is 0. The first-order valence-corrected chi connectivity index (χ1v) is 11.7. The highest BCUT2D eigenvalue weighted by Gasteiger charge is 2.20. The summed E-state index contributed by atoms with van der Waals surface area (Å²) in [5.74, 6) is 0.552. The van der Waals surface area contributed by atoms with Crippen molar-refractivity contribution in [3.05, 3.63) is 59.7 Å². The zero-order valence-electron chi connectivity index (χ0n) is 17.3. The largest absolute Gasteiger partial charge is 0.493 e. The van der Waals surface area contributed by atoms with Gasteiger partial charge in [0, 0.05) is 6.54 Å². The highest BCUT2D eigenvalue weighted by atomic mass is 32.2. The van der Waals surface area contributed by atoms with Crippen LogP contribution in [0.1, 0.15) is 30.9 Å². The molecule has 0 aliphatic carbocycles. The van der Waals surface area contributed by atoms with Crippen LogP contribution in [0.15, 0.2) is 48.5 Å². The number of nitrogens with one attached hydrogen (secondary N) is 1. The van der Waals surface area contributed by atoms with Gasteiger partial charge in [-0.15, -0.1) is 0 Å². The smallest absolute Gasteiger partial charge is 0.240 e. The molecule has 0 radical (unpaired) electrons. The molecule has 0 aromatic heterocycles. The molecule has 158 valence electrons. The number of carbonyl (C=O) groups is 1. The van der Waals surface area contributed by atoms with Crippen molar-refractivity contribution in [2.75, 3.05) is 30.3 Å². The van der Waals surface area contributed by atoms with Crippen molar-refractivity contribution in [3.63, 3.8) is 0 Å². The molecule has 0 aliphatic rings. The van der Waals surface area contributed by atoms with Gasteiger partial charge in [-0.3, -0.25) is 9.10 Å². The lowest BCUT2D eigenvalue weighted by Gasteiger charge is -2.22. The van der Waals surface area contributed by atoms with Gasteiger partial charge in [0.2, 0.25) is 15.9 Å². The molecule has 1 amide bonds. The van der Waals surface area contributed by atoms with E-state index in [-0.39, 0.29) is 12.5 Å². The number of hydrogen-bond donors (Lipinski definition) is 1. The Balaban J connectivity index is 1.89. The van der Waals surface area contributed by atoms with Crippen molar-refractivity contribution in [1.29, 1.82) is 0 Å². The fourth-order valence-electron chi connectivity index (χ4n) is 2.94. The Bertz CT molecular complexity index is 913. The molecule has 0 spiro atoms. The van der Waals surface area contributed by atoms with E-state index >= 15 is 0 Å². The molecule has 2 aromatic rings. The Kier molecular flexibility index (Phi) is 8.51. The van der Waals surface area contributed by atoms with E-state index in [1.165, 1.54) is 0 Å². The van der Waals surface area contributed by atoms with Gasteiger partial charge in [0.1, 0.15) is 12.3 Å². The fourth-order valence-corrected chi connectivity index (χ4v) is 3.79. The first-order chi connectivity index (χ1) is 13.8. The van der Waals surface area contributed by atoms with Crippen LogP contribution in [0.4, 0.5) is 5.69 Å². The second-order valence-corrected chi connectivity index (χ2v) is 8.93. The molecule has 2 aromatic carbocycles. The van der Waals surface area contributed by atoms with Crippen LogP contribution >= 0.6 is 0 Å². The normalized spacial score (nSPS) is 11.1. The lowest BCUT2D eigenvalue weighted by atomic mass is 10.1. The third-order valence-corrected chi connectivity index (χ3v) is 5.50. The molecule has 0 saturated carbocycles. The summed E-state index contributed by atoms with van der Waals surface area (Å²) in [5.41, 5.74) is 2.53. The van der Waals surface area contributed by atoms with Crippen LogP contribution in [-0.4, -0.2) is 40.3 Å². The number of hydrogen-bond acceptors (Lipinski definition) is 4. The van der Waals surface area contributed by atoms with Gasteiger partial charge in [0.05, 0.1) is 18.6 Å². The highest BCUT2D eigenvalue weighted by Crippen LogP contribution is 2.20. The maximum absolute atomic E-state index is 12.3. The molecule has 29 heavy (non-hydrogen) atoms. The number of para-hydroxylation sites is 1. The van der Waals surface area contributed by atoms with Gasteiger partial charge in [-0.2, -0.15) is 0 Å². The van der Waals surface area contributed by atoms with E-state index < -0.39 is 10.0 Å². The monoisotopic (exact) mass is 418 g/mol. The molecule has 2 rings (SSSR count). The van der Waals surface area contributed by atoms with Crippen LogP contribution in [0.5, 0.6) is 5.75 Å². The Morgan fingerprint density at radius 1 is 1.14 bits per heavy atom. The van der Waals surface area contributed by atoms with E-state index in [0.29, 0.717) is 18.8 Å². The number of carbonyl (C=O) groups excluding carboxylic acids is 1. The lowest BCUT2D eigenvalue weighted by molar-refractivity contribution is -0.119. The summed E-state index contributed by atoms with van der Waals surface area (Å²) in [6.07, 6.45) is 3.56. The van der Waals surface area contributed by atoms with Gasteiger partial charge in [0.15, 0.2) is 0 Å². The van der Waals surface area contributed by atoms with Crippen LogP contribution < -0.4 is 14.4 Å². The van der Waals surface area contributed by atoms with Gasteiger partial charge in [-0.05, 0) is 55.5 Å². The summed E-state index contributed by atoms with van der Waals surface area (Å²) in [6.45, 7) is 4.85. The number of rotatable bonds is 11. The SMILES string of the molecule is CCCOc1ccccc1CCCNC(=O)CN(c1cccc(C)c1)S(C)(=O)=O. The van der Waals surface area contributed by atoms with Crippen molar-refractivity contribution in [1.82, 2.24) is 5.32 Å². The average Bonchev–Trinajstić information content (AvgIpc) is 2.67. The number of nitrogens with zero attached hydrogens (tertiary/aromatic N) is 1. The second-order valence-electron chi connectivity index (χ2n) is 7.02. The number of benzene rings is 2. The van der Waals surface area contributed by atoms with Crippen molar-refractivity contribution in [2.45, 2.75) is 33.1 Å². The molecular formula is C22H30N2O4S. The highest BCUT2D eigenvalue weighted by molar-refractivity contribution is 7.92. The Hall–Kier alpha value is -2.54. The quantitative estimate of drug-likeness (QED) is 0.568. The van der Waals surface area contributed by atoms with E-state index in [2.05, 4.69) is 12.2 Å². The van der Waals surface area contributed by atoms with Gasteiger partial charge >= 0.3 is 0 Å². The Labute approximate surface area is 173 Å². The van der Waals surface area contributed by atoms with E-state index in [1.54, 1.807) is 18.2 Å². The minimum atomic E-state index is -3.56. The predicted octanol–water partition coefficient (Wildman–Crippen LogP) is 3.30. The van der Waals surface area contributed by atoms with Crippen molar-refractivity contribution in [2.24, 2.45) is 0 Å². The average molecular weight is 419 g/mol. The van der Waals surface area contributed by atoms with Crippen molar-refractivity contribution < 1.29 is 17.9 Å². The van der Waals surface area contributed by atoms with Crippen molar-refractivity contribution >= 4 is 21.6 Å². The maximum Gasteiger partial charge on any atom is 0.240 e. The maximum atomic E-state index is 12.3. The number of sulfonamides is 1. The first-order valence-electron chi connectivity index (χ1n) is 9.83. The minimum Gasteiger partial charge on any atom is -0.493 e. The van der Waals surface area contributed by atoms with Gasteiger partial charge in [-0.1, -0.05) is 37.3 Å². The first kappa shape index (κ1) is 22.7. The summed E-state index contributed by atoms with van der Waals surface area (Å²) in [5, 5.41) is 2.82. The van der Waals surface area contributed by atoms with Gasteiger partial charge in [0.25, 0.3) is 0 Å². The summed E-state index contributed by atoms with van der Waals surface area (Å²) in [7, 11) is -3.56. The van der Waals surface area contributed by atoms with Crippen LogP contribution in [-0.2, 0) is 21.2 Å². The number of anilines is 1. The molecule has 7 heteroatoms. The van der Waals surface area contributed by atoms with Crippen LogP contribution in [0.25, 0.3) is 0 Å². The Morgan fingerprint density at radius 2 is 1.90 bits per heavy atom. The Morgan fingerprint density at radius 3 is 2.59 bits per heavy atom. The molecular weight excluding hydrogens is 388 g/mol. The molecule has 0 heterocycles. The minimum absolute atomic E-state index is 0.238. The predicted molar refractivity (Wildman–Crippen MR) is 117 cm³/mol. The summed E-state index contributed by atoms with van der Waals surface area (Å²) < 4.78 is 31.2. The van der Waals surface area contributed by atoms with Gasteiger partial charge < -0.3 is 10.1 Å². The van der Waals surface area contributed by atoms with Crippen LogP contribution in [0.3, 0.4) is 0 Å². The third-order valence-electron chi connectivity index (χ3n) is 4.36. The molecule has 0 bridgehead atoms.